The molecular formula is C78H147NO10. The van der Waals surface area contributed by atoms with Crippen molar-refractivity contribution in [2.45, 2.75) is 428 Å². The molecule has 0 aliphatic carbocycles. The molecule has 1 fully saturated rings. The smallest absolute Gasteiger partial charge is 0.249 e. The molecule has 0 aromatic carbocycles. The van der Waals surface area contributed by atoms with Crippen LogP contribution in [0.4, 0.5) is 0 Å². The maximum atomic E-state index is 13.3. The molecule has 1 aliphatic heterocycles. The average molecular weight is 1260 g/mol. The van der Waals surface area contributed by atoms with Crippen LogP contribution in [0.2, 0.25) is 0 Å². The Hall–Kier alpha value is -1.93. The summed E-state index contributed by atoms with van der Waals surface area (Å²) in [6, 6.07) is -1.20. The van der Waals surface area contributed by atoms with Crippen molar-refractivity contribution in [1.29, 1.82) is 0 Å². The summed E-state index contributed by atoms with van der Waals surface area (Å²) in [6.07, 6.45) is 76.6. The molecule has 1 saturated heterocycles. The third-order valence-corrected chi connectivity index (χ3v) is 18.6. The highest BCUT2D eigenvalue weighted by molar-refractivity contribution is 5.80. The molecule has 0 bridgehead atoms. The number of rotatable bonds is 68. The Morgan fingerprint density at radius 3 is 1.00 bits per heavy atom. The minimum Gasteiger partial charge on any atom is -0.394 e. The van der Waals surface area contributed by atoms with Crippen LogP contribution >= 0.6 is 0 Å². The molecule has 0 aromatic heterocycles. The number of amides is 1. The van der Waals surface area contributed by atoms with E-state index >= 15 is 0 Å². The quantitative estimate of drug-likeness (QED) is 0.0215. The molecule has 1 aliphatic rings. The number of allylic oxidation sites excluding steroid dienone is 8. The molecule has 0 saturated carbocycles. The van der Waals surface area contributed by atoms with Crippen LogP contribution in [0.15, 0.2) is 48.6 Å². The lowest BCUT2D eigenvalue weighted by Crippen LogP contribution is -2.60. The van der Waals surface area contributed by atoms with Crippen LogP contribution in [0, 0.1) is 0 Å². The third-order valence-electron chi connectivity index (χ3n) is 18.6. The molecule has 0 aromatic rings. The standard InChI is InChI=1S/C78H147NO10/c1-3-5-7-9-11-13-15-17-19-21-23-25-27-29-30-31-32-33-34-35-36-37-38-39-40-41-42-44-46-48-50-52-54-56-58-60-62-64-66-71(82)77(87)79-69(68-88-78-76(86)75(85)74(84)72(67-80)89-78)73(83)70(81)65-63-61-59-57-55-53-51-49-47-45-43-28-26-24-22-20-18-16-14-12-10-8-6-4-2/h28,35-36,43,49,51,57,59,69-76,78,80-86H,3-27,29-34,37-42,44-48,50,52-56,58,60-68H2,1-2H3,(H,79,87)/b36-35-,43-28+,51-49+,59-57+. The third kappa shape index (κ3) is 53.1. The average Bonchev–Trinajstić information content (AvgIpc) is 1.72. The van der Waals surface area contributed by atoms with Gasteiger partial charge in [0.1, 0.15) is 36.6 Å². The summed E-state index contributed by atoms with van der Waals surface area (Å²) in [5.74, 6) is -0.707. The molecule has 524 valence electrons. The van der Waals surface area contributed by atoms with Gasteiger partial charge in [-0.2, -0.15) is 0 Å². The van der Waals surface area contributed by atoms with Crippen LogP contribution in [-0.4, -0.2) is 110 Å². The molecule has 9 unspecified atom stereocenters. The van der Waals surface area contributed by atoms with Crippen LogP contribution in [0.25, 0.3) is 0 Å². The molecule has 9 atom stereocenters. The Bertz CT molecular complexity index is 1590. The number of carbonyl (C=O) groups is 1. The van der Waals surface area contributed by atoms with Crippen molar-refractivity contribution in [3.8, 4) is 0 Å². The molecule has 8 N–H and O–H groups in total. The fraction of sp³-hybridized carbons (Fsp3) is 0.885. The lowest BCUT2D eigenvalue weighted by Gasteiger charge is -2.40. The first-order chi connectivity index (χ1) is 43.7. The zero-order chi connectivity index (χ0) is 64.6. The maximum absolute atomic E-state index is 13.3. The normalized spacial score (nSPS) is 18.8. The summed E-state index contributed by atoms with van der Waals surface area (Å²) in [7, 11) is 0. The maximum Gasteiger partial charge on any atom is 0.249 e. The van der Waals surface area contributed by atoms with Crippen molar-refractivity contribution in [1.82, 2.24) is 5.32 Å². The van der Waals surface area contributed by atoms with Gasteiger partial charge in [0.15, 0.2) is 6.29 Å². The number of aliphatic hydroxyl groups excluding tert-OH is 7. The predicted octanol–water partition coefficient (Wildman–Crippen LogP) is 19.5. The topological polar surface area (TPSA) is 189 Å². The van der Waals surface area contributed by atoms with E-state index in [1.807, 2.05) is 0 Å². The molecular weight excluding hydrogens is 1110 g/mol. The molecule has 11 heteroatoms. The van der Waals surface area contributed by atoms with Gasteiger partial charge in [0.05, 0.1) is 25.4 Å². The van der Waals surface area contributed by atoms with Crippen LogP contribution in [0.5, 0.6) is 0 Å². The number of carbonyl (C=O) groups excluding carboxylic acids is 1. The van der Waals surface area contributed by atoms with E-state index in [4.69, 9.17) is 9.47 Å². The first-order valence-corrected chi connectivity index (χ1v) is 38.5. The zero-order valence-electron chi connectivity index (χ0n) is 58.2. The second kappa shape index (κ2) is 66.1. The lowest BCUT2D eigenvalue weighted by atomic mass is 9.98. The van der Waals surface area contributed by atoms with Crippen LogP contribution in [0.3, 0.4) is 0 Å². The van der Waals surface area contributed by atoms with Crippen molar-refractivity contribution in [2.24, 2.45) is 0 Å². The Kier molecular flexibility index (Phi) is 63.2. The van der Waals surface area contributed by atoms with Gasteiger partial charge >= 0.3 is 0 Å². The van der Waals surface area contributed by atoms with Gasteiger partial charge < -0.3 is 50.5 Å². The van der Waals surface area contributed by atoms with Gasteiger partial charge in [-0.05, 0) is 89.9 Å². The summed E-state index contributed by atoms with van der Waals surface area (Å²) in [5.41, 5.74) is 0. The van der Waals surface area contributed by atoms with E-state index in [9.17, 15) is 40.5 Å². The lowest BCUT2D eigenvalue weighted by molar-refractivity contribution is -0.303. The minimum atomic E-state index is -1.68. The summed E-state index contributed by atoms with van der Waals surface area (Å²) in [4.78, 5) is 13.3. The molecule has 0 radical (unpaired) electrons. The van der Waals surface area contributed by atoms with Crippen LogP contribution in [-0.2, 0) is 14.3 Å². The highest BCUT2D eigenvalue weighted by Gasteiger charge is 2.44. The van der Waals surface area contributed by atoms with E-state index in [1.165, 1.54) is 283 Å². The number of aliphatic hydroxyl groups is 7. The second-order valence-corrected chi connectivity index (χ2v) is 27.0. The van der Waals surface area contributed by atoms with Crippen LogP contribution in [0.1, 0.15) is 373 Å². The van der Waals surface area contributed by atoms with Gasteiger partial charge in [0.25, 0.3) is 0 Å². The molecule has 1 heterocycles. The van der Waals surface area contributed by atoms with E-state index in [0.29, 0.717) is 19.3 Å². The summed E-state index contributed by atoms with van der Waals surface area (Å²) < 4.78 is 11.2. The summed E-state index contributed by atoms with van der Waals surface area (Å²) in [6.45, 7) is 3.49. The Morgan fingerprint density at radius 1 is 0.382 bits per heavy atom. The van der Waals surface area contributed by atoms with E-state index < -0.39 is 74.2 Å². The summed E-state index contributed by atoms with van der Waals surface area (Å²) in [5, 5.41) is 76.5. The number of ether oxygens (including phenoxy) is 2. The van der Waals surface area contributed by atoms with E-state index in [2.05, 4.69) is 67.8 Å². The second-order valence-electron chi connectivity index (χ2n) is 27.0. The number of hydrogen-bond acceptors (Lipinski definition) is 10. The Morgan fingerprint density at radius 2 is 0.674 bits per heavy atom. The van der Waals surface area contributed by atoms with E-state index in [1.54, 1.807) is 0 Å². The fourth-order valence-corrected chi connectivity index (χ4v) is 12.4. The molecule has 0 spiro atoms. The van der Waals surface area contributed by atoms with E-state index in [-0.39, 0.29) is 12.8 Å². The molecule has 89 heavy (non-hydrogen) atoms. The first-order valence-electron chi connectivity index (χ1n) is 38.5. The molecule has 11 nitrogen and oxygen atoms in total. The monoisotopic (exact) mass is 1260 g/mol. The SMILES string of the molecule is CCCCCCCCCCCCC/C=C/CC/C=C/CC/C=C/CCCC(O)C(O)C(COC1OC(CO)C(O)C(O)C1O)NC(=O)C(O)CCCCCCCCCCCCCCCCCC/C=C\CCCCCCCCCCCCCCCCCCCC. The van der Waals surface area contributed by atoms with Crippen molar-refractivity contribution >= 4 is 5.91 Å². The number of hydrogen-bond donors (Lipinski definition) is 8. The van der Waals surface area contributed by atoms with Gasteiger partial charge in [-0.15, -0.1) is 0 Å². The van der Waals surface area contributed by atoms with E-state index in [0.717, 1.165) is 44.9 Å². The highest BCUT2D eigenvalue weighted by Crippen LogP contribution is 2.24. The zero-order valence-corrected chi connectivity index (χ0v) is 58.2. The number of nitrogens with one attached hydrogen (secondary N) is 1. The van der Waals surface area contributed by atoms with Gasteiger partial charge in [0.2, 0.25) is 5.91 Å². The van der Waals surface area contributed by atoms with Crippen LogP contribution < -0.4 is 5.32 Å². The largest absolute Gasteiger partial charge is 0.394 e. The first kappa shape index (κ1) is 85.1. The number of unbranched alkanes of at least 4 members (excludes halogenated alkanes) is 48. The van der Waals surface area contributed by atoms with Crippen molar-refractivity contribution in [3.63, 3.8) is 0 Å². The van der Waals surface area contributed by atoms with Gasteiger partial charge in [0, 0.05) is 0 Å². The Balaban J connectivity index is 2.15. The van der Waals surface area contributed by atoms with Crippen molar-refractivity contribution in [2.75, 3.05) is 13.2 Å². The molecule has 1 amide bonds. The minimum absolute atomic E-state index is 0.242. The van der Waals surface area contributed by atoms with Gasteiger partial charge in [-0.3, -0.25) is 4.79 Å². The van der Waals surface area contributed by atoms with Gasteiger partial charge in [-0.25, -0.2) is 0 Å². The highest BCUT2D eigenvalue weighted by atomic mass is 16.7. The predicted molar refractivity (Wildman–Crippen MR) is 376 cm³/mol. The fourth-order valence-electron chi connectivity index (χ4n) is 12.4. The summed E-state index contributed by atoms with van der Waals surface area (Å²) >= 11 is 0. The Labute approximate surface area is 549 Å². The van der Waals surface area contributed by atoms with Crippen molar-refractivity contribution in [3.05, 3.63) is 48.6 Å². The van der Waals surface area contributed by atoms with Gasteiger partial charge in [-0.1, -0.05) is 332 Å². The molecule has 1 rings (SSSR count). The van der Waals surface area contributed by atoms with Crippen molar-refractivity contribution < 1.29 is 50.0 Å².